The van der Waals surface area contributed by atoms with Crippen LogP contribution in [0.4, 0.5) is 18.9 Å². The number of carboxylic acid groups (broad SMARTS) is 1. The van der Waals surface area contributed by atoms with E-state index in [0.717, 1.165) is 12.0 Å². The van der Waals surface area contributed by atoms with Gasteiger partial charge in [0.1, 0.15) is 0 Å². The van der Waals surface area contributed by atoms with Crippen molar-refractivity contribution in [3.8, 4) is 0 Å². The Kier molecular flexibility index (Phi) is 5.44. The summed E-state index contributed by atoms with van der Waals surface area (Å²) in [5.41, 5.74) is 4.10. The first-order chi connectivity index (χ1) is 12.7. The van der Waals surface area contributed by atoms with Gasteiger partial charge in [-0.15, -0.1) is 0 Å². The van der Waals surface area contributed by atoms with Crippen molar-refractivity contribution >= 4 is 11.7 Å². The first-order valence-corrected chi connectivity index (χ1v) is 8.92. The third kappa shape index (κ3) is 4.62. The summed E-state index contributed by atoms with van der Waals surface area (Å²) >= 11 is 0. The van der Waals surface area contributed by atoms with Gasteiger partial charge in [0, 0.05) is 18.3 Å². The Bertz CT molecular complexity index is 802. The molecule has 1 heterocycles. The minimum absolute atomic E-state index is 0.180. The summed E-state index contributed by atoms with van der Waals surface area (Å²) < 4.78 is 39.4. The van der Waals surface area contributed by atoms with Crippen molar-refractivity contribution in [2.24, 2.45) is 5.92 Å². The second kappa shape index (κ2) is 7.62. The van der Waals surface area contributed by atoms with Gasteiger partial charge >= 0.3 is 12.1 Å². The van der Waals surface area contributed by atoms with Crippen LogP contribution in [0.25, 0.3) is 0 Å². The fraction of sp³-hybridized carbons (Fsp3) is 0.381. The van der Waals surface area contributed by atoms with Crippen molar-refractivity contribution in [3.63, 3.8) is 0 Å². The van der Waals surface area contributed by atoms with Crippen LogP contribution in [-0.4, -0.2) is 29.8 Å². The molecule has 0 aliphatic carbocycles. The standard InChI is InChI=1S/C21H22F3NO2/c1-14-4-2-3-5-16(14)10-15-6-8-18(9-7-15)25-13-17(21(22,23)24)11-19(25)12-20(26)27/h2-9,17,19H,10-13H2,1H3,(H,26,27). The fourth-order valence-electron chi connectivity index (χ4n) is 3.70. The molecule has 27 heavy (non-hydrogen) atoms. The molecule has 1 aliphatic heterocycles. The second-order valence-corrected chi connectivity index (χ2v) is 7.15. The Morgan fingerprint density at radius 1 is 1.15 bits per heavy atom. The average molecular weight is 377 g/mol. The Morgan fingerprint density at radius 3 is 2.41 bits per heavy atom. The minimum atomic E-state index is -4.31. The number of rotatable bonds is 5. The number of aliphatic carboxylic acids is 1. The Hall–Kier alpha value is -2.50. The summed E-state index contributed by atoms with van der Waals surface area (Å²) in [6.45, 7) is 1.85. The molecule has 0 amide bonds. The van der Waals surface area contributed by atoms with E-state index in [1.54, 1.807) is 17.0 Å². The highest BCUT2D eigenvalue weighted by Gasteiger charge is 2.47. The van der Waals surface area contributed by atoms with E-state index in [0.29, 0.717) is 5.69 Å². The molecule has 3 nitrogen and oxygen atoms in total. The fourth-order valence-corrected chi connectivity index (χ4v) is 3.70. The third-order valence-electron chi connectivity index (χ3n) is 5.21. The molecule has 144 valence electrons. The van der Waals surface area contributed by atoms with Crippen molar-refractivity contribution in [3.05, 3.63) is 65.2 Å². The lowest BCUT2D eigenvalue weighted by Gasteiger charge is -2.26. The van der Waals surface area contributed by atoms with Gasteiger partial charge in [0.25, 0.3) is 0 Å². The van der Waals surface area contributed by atoms with E-state index >= 15 is 0 Å². The maximum Gasteiger partial charge on any atom is 0.393 e. The average Bonchev–Trinajstić information content (AvgIpc) is 3.01. The second-order valence-electron chi connectivity index (χ2n) is 7.15. The molecule has 1 fully saturated rings. The smallest absolute Gasteiger partial charge is 0.393 e. The molecular formula is C21H22F3NO2. The molecule has 1 aliphatic rings. The van der Waals surface area contributed by atoms with E-state index in [4.69, 9.17) is 5.11 Å². The van der Waals surface area contributed by atoms with Crippen LogP contribution >= 0.6 is 0 Å². The number of hydrogen-bond acceptors (Lipinski definition) is 2. The molecule has 2 unspecified atom stereocenters. The summed E-state index contributed by atoms with van der Waals surface area (Å²) in [6.07, 6.45) is -4.04. The van der Waals surface area contributed by atoms with Crippen LogP contribution < -0.4 is 4.90 Å². The van der Waals surface area contributed by atoms with Crippen LogP contribution in [0.5, 0.6) is 0 Å². The zero-order valence-electron chi connectivity index (χ0n) is 15.0. The molecule has 0 aromatic heterocycles. The number of hydrogen-bond donors (Lipinski definition) is 1. The van der Waals surface area contributed by atoms with E-state index in [-0.39, 0.29) is 19.4 Å². The predicted octanol–water partition coefficient (Wildman–Crippen LogP) is 4.82. The highest BCUT2D eigenvalue weighted by Crippen LogP contribution is 2.39. The molecule has 0 spiro atoms. The SMILES string of the molecule is Cc1ccccc1Cc1ccc(N2CC(C(F)(F)F)CC2CC(=O)O)cc1. The third-order valence-corrected chi connectivity index (χ3v) is 5.21. The van der Waals surface area contributed by atoms with Crippen molar-refractivity contribution in [2.45, 2.75) is 38.4 Å². The maximum absolute atomic E-state index is 13.1. The summed E-state index contributed by atoms with van der Waals surface area (Å²) in [7, 11) is 0. The Balaban J connectivity index is 1.77. The van der Waals surface area contributed by atoms with Crippen LogP contribution in [-0.2, 0) is 11.2 Å². The number of carboxylic acids is 1. The lowest BCUT2D eigenvalue weighted by Crippen LogP contribution is -2.32. The summed E-state index contributed by atoms with van der Waals surface area (Å²) in [5.74, 6) is -2.57. The zero-order chi connectivity index (χ0) is 19.6. The minimum Gasteiger partial charge on any atom is -0.481 e. The summed E-state index contributed by atoms with van der Waals surface area (Å²) in [5, 5.41) is 9.05. The van der Waals surface area contributed by atoms with Gasteiger partial charge in [-0.3, -0.25) is 4.79 Å². The van der Waals surface area contributed by atoms with Crippen LogP contribution in [0.2, 0.25) is 0 Å². The largest absolute Gasteiger partial charge is 0.481 e. The number of anilines is 1. The van der Waals surface area contributed by atoms with Gasteiger partial charge in [-0.05, 0) is 48.6 Å². The van der Waals surface area contributed by atoms with Crippen molar-refractivity contribution in [2.75, 3.05) is 11.4 Å². The van der Waals surface area contributed by atoms with Gasteiger partial charge in [0.15, 0.2) is 0 Å². The Labute approximate surface area is 156 Å². The number of nitrogens with zero attached hydrogens (tertiary/aromatic N) is 1. The molecular weight excluding hydrogens is 355 g/mol. The number of aryl methyl sites for hydroxylation is 1. The topological polar surface area (TPSA) is 40.5 Å². The number of benzene rings is 2. The van der Waals surface area contributed by atoms with E-state index in [9.17, 15) is 18.0 Å². The highest BCUT2D eigenvalue weighted by atomic mass is 19.4. The molecule has 1 N–H and O–H groups in total. The molecule has 2 aromatic rings. The molecule has 0 radical (unpaired) electrons. The van der Waals surface area contributed by atoms with Crippen LogP contribution in [0.1, 0.15) is 29.5 Å². The lowest BCUT2D eigenvalue weighted by molar-refractivity contribution is -0.169. The molecule has 2 atom stereocenters. The molecule has 0 bridgehead atoms. The summed E-state index contributed by atoms with van der Waals surface area (Å²) in [6, 6.07) is 14.8. The number of halogens is 3. The number of carbonyl (C=O) groups is 1. The molecule has 2 aromatic carbocycles. The first-order valence-electron chi connectivity index (χ1n) is 8.92. The van der Waals surface area contributed by atoms with Gasteiger partial charge in [-0.2, -0.15) is 13.2 Å². The van der Waals surface area contributed by atoms with Gasteiger partial charge in [0.05, 0.1) is 12.3 Å². The predicted molar refractivity (Wildman–Crippen MR) is 98.0 cm³/mol. The van der Waals surface area contributed by atoms with Crippen molar-refractivity contribution in [1.29, 1.82) is 0 Å². The van der Waals surface area contributed by atoms with Crippen molar-refractivity contribution in [1.82, 2.24) is 0 Å². The maximum atomic E-state index is 13.1. The van der Waals surface area contributed by atoms with E-state index in [1.165, 1.54) is 11.1 Å². The summed E-state index contributed by atoms with van der Waals surface area (Å²) in [4.78, 5) is 12.7. The number of alkyl halides is 3. The van der Waals surface area contributed by atoms with Gasteiger partial charge in [-0.25, -0.2) is 0 Å². The lowest BCUT2D eigenvalue weighted by atomic mass is 10.0. The van der Waals surface area contributed by atoms with Gasteiger partial charge < -0.3 is 10.0 Å². The van der Waals surface area contributed by atoms with E-state index < -0.39 is 24.1 Å². The van der Waals surface area contributed by atoms with Gasteiger partial charge in [0.2, 0.25) is 0 Å². The zero-order valence-corrected chi connectivity index (χ0v) is 15.0. The quantitative estimate of drug-likeness (QED) is 0.812. The Morgan fingerprint density at radius 2 is 1.81 bits per heavy atom. The normalized spacial score (nSPS) is 20.1. The highest BCUT2D eigenvalue weighted by molar-refractivity contribution is 5.69. The van der Waals surface area contributed by atoms with Crippen LogP contribution in [0, 0.1) is 12.8 Å². The van der Waals surface area contributed by atoms with Gasteiger partial charge in [-0.1, -0.05) is 36.4 Å². The molecule has 3 rings (SSSR count). The van der Waals surface area contributed by atoms with Crippen LogP contribution in [0.15, 0.2) is 48.5 Å². The van der Waals surface area contributed by atoms with E-state index in [1.807, 2.05) is 37.3 Å². The molecule has 1 saturated heterocycles. The van der Waals surface area contributed by atoms with Crippen molar-refractivity contribution < 1.29 is 23.1 Å². The monoisotopic (exact) mass is 377 g/mol. The van der Waals surface area contributed by atoms with Crippen LogP contribution in [0.3, 0.4) is 0 Å². The molecule has 6 heteroatoms. The van der Waals surface area contributed by atoms with E-state index in [2.05, 4.69) is 6.07 Å². The first kappa shape index (κ1) is 19.3. The molecule has 0 saturated carbocycles.